The first kappa shape index (κ1) is 80.1. The third-order valence-corrected chi connectivity index (χ3v) is 15.6. The van der Waals surface area contributed by atoms with E-state index in [4.69, 9.17) is 22.9 Å². The number of allylic oxidation sites excluding steroid dienone is 2. The lowest BCUT2D eigenvalue weighted by atomic mass is 9.76. The number of carboxylic acids is 1. The van der Waals surface area contributed by atoms with Crippen LogP contribution in [0.1, 0.15) is 173 Å². The largest absolute Gasteiger partial charge is 0.481 e. The fourth-order valence-electron chi connectivity index (χ4n) is 9.73. The van der Waals surface area contributed by atoms with Crippen molar-refractivity contribution in [3.05, 3.63) is 12.2 Å². The highest BCUT2D eigenvalue weighted by Gasteiger charge is 2.45. The lowest BCUT2D eigenvalue weighted by Crippen LogP contribution is -2.65. The monoisotopic (exact) mass is 1280 g/mol. The minimum atomic E-state index is -1.98. The molecular formula is C59H99N13O18. The molecule has 90 heavy (non-hydrogen) atoms. The highest BCUT2D eigenvalue weighted by molar-refractivity contribution is 6.02. The number of aliphatic hydroxyl groups is 2. The van der Waals surface area contributed by atoms with Gasteiger partial charge in [-0.25, -0.2) is 0 Å². The van der Waals surface area contributed by atoms with Crippen molar-refractivity contribution in [2.45, 2.75) is 245 Å². The maximum absolute atomic E-state index is 14.8. The first-order valence-corrected chi connectivity index (χ1v) is 30.2. The molecule has 15 atom stereocenters. The molecule has 0 spiro atoms. The SMILES string of the molecule is CC[C@H](C)[C@H](NC(=O)[C@H](C)NC(=O)[C@H](CC(N)=O)NC(=O)[C@H](CCC(N)=O)NC(=O)[C@@H](N)[C@@H](C)O)C(=O)C[C@@H](CC(=O)O)C(=O)N[C@@]1(C)CCC/C=C\CCC[C@@](C)(C(=O)C(C)(C)C)NC(=O)[C@H](CC(N)=O)NC(=O)[C@H]([C@@H](C)O)NC(=O)[C@H]([C@@H](C)CC)NC1=O. The molecule has 20 N–H and O–H groups in total. The van der Waals surface area contributed by atoms with Gasteiger partial charge in [0.25, 0.3) is 0 Å². The fourth-order valence-corrected chi connectivity index (χ4v) is 9.73. The van der Waals surface area contributed by atoms with Gasteiger partial charge in [-0.2, -0.15) is 0 Å². The van der Waals surface area contributed by atoms with Gasteiger partial charge in [0.15, 0.2) is 11.6 Å². The van der Waals surface area contributed by atoms with Crippen molar-refractivity contribution in [3.63, 3.8) is 0 Å². The van der Waals surface area contributed by atoms with Gasteiger partial charge in [-0.05, 0) is 91.4 Å². The highest BCUT2D eigenvalue weighted by Crippen LogP contribution is 2.28. The Morgan fingerprint density at radius 3 is 1.71 bits per heavy atom. The number of carbonyl (C=O) groups is 15. The maximum atomic E-state index is 14.8. The highest BCUT2D eigenvalue weighted by atomic mass is 16.4. The van der Waals surface area contributed by atoms with Crippen molar-refractivity contribution in [2.75, 3.05) is 0 Å². The van der Waals surface area contributed by atoms with Crippen LogP contribution in [0.2, 0.25) is 0 Å². The molecule has 0 radical (unpaired) electrons. The van der Waals surface area contributed by atoms with E-state index in [0.717, 1.165) is 6.92 Å². The molecule has 31 heteroatoms. The smallest absolute Gasteiger partial charge is 0.304 e. The molecule has 0 unspecified atom stereocenters. The molecule has 1 rings (SSSR count). The van der Waals surface area contributed by atoms with Crippen LogP contribution in [0.25, 0.3) is 0 Å². The summed E-state index contributed by atoms with van der Waals surface area (Å²) in [6.45, 7) is 17.8. The number of aliphatic carboxylic acids is 1. The Bertz CT molecular complexity index is 2640. The van der Waals surface area contributed by atoms with Crippen LogP contribution in [-0.4, -0.2) is 175 Å². The molecule has 12 amide bonds. The number of hydrogen-bond donors (Lipinski definition) is 16. The van der Waals surface area contributed by atoms with E-state index in [-0.39, 0.29) is 44.3 Å². The van der Waals surface area contributed by atoms with Gasteiger partial charge >= 0.3 is 5.97 Å². The van der Waals surface area contributed by atoms with Crippen LogP contribution in [0.15, 0.2) is 12.2 Å². The molecule has 0 aromatic rings. The third kappa shape index (κ3) is 26.3. The van der Waals surface area contributed by atoms with Crippen molar-refractivity contribution in [2.24, 2.45) is 46.1 Å². The number of amides is 12. The molecule has 0 fully saturated rings. The lowest BCUT2D eigenvalue weighted by Gasteiger charge is -2.36. The first-order valence-electron chi connectivity index (χ1n) is 30.2. The third-order valence-electron chi connectivity index (χ3n) is 15.6. The molecule has 31 nitrogen and oxygen atoms in total. The molecule has 0 aliphatic carbocycles. The van der Waals surface area contributed by atoms with Crippen LogP contribution in [0.4, 0.5) is 0 Å². The molecule has 1 aliphatic rings. The summed E-state index contributed by atoms with van der Waals surface area (Å²) in [5.74, 6) is -18.3. The van der Waals surface area contributed by atoms with E-state index in [2.05, 4.69) is 47.9 Å². The van der Waals surface area contributed by atoms with Gasteiger partial charge in [0, 0.05) is 18.3 Å². The number of rotatable bonds is 29. The van der Waals surface area contributed by atoms with E-state index in [0.29, 0.717) is 12.8 Å². The van der Waals surface area contributed by atoms with Gasteiger partial charge in [0.05, 0.1) is 49.0 Å². The van der Waals surface area contributed by atoms with E-state index >= 15 is 0 Å². The zero-order valence-electron chi connectivity index (χ0n) is 53.8. The molecular weight excluding hydrogens is 1180 g/mol. The summed E-state index contributed by atoms with van der Waals surface area (Å²) >= 11 is 0. The summed E-state index contributed by atoms with van der Waals surface area (Å²) < 4.78 is 0. The van der Waals surface area contributed by atoms with Gasteiger partial charge in [0.2, 0.25) is 70.9 Å². The lowest BCUT2D eigenvalue weighted by molar-refractivity contribution is -0.144. The number of aliphatic hydroxyl groups excluding tert-OH is 2. The van der Waals surface area contributed by atoms with E-state index in [1.54, 1.807) is 60.6 Å². The number of carboxylic acid groups (broad SMARTS) is 1. The summed E-state index contributed by atoms with van der Waals surface area (Å²) in [7, 11) is 0. The van der Waals surface area contributed by atoms with Gasteiger partial charge in [-0.15, -0.1) is 0 Å². The Hall–Kier alpha value is -7.93. The Morgan fingerprint density at radius 1 is 0.656 bits per heavy atom. The summed E-state index contributed by atoms with van der Waals surface area (Å²) in [5.41, 5.74) is 17.3. The average molecular weight is 1280 g/mol. The Balaban J connectivity index is 3.77. The van der Waals surface area contributed by atoms with E-state index in [1.165, 1.54) is 27.7 Å². The van der Waals surface area contributed by atoms with Crippen molar-refractivity contribution < 1.29 is 87.2 Å². The Morgan fingerprint density at radius 2 is 1.21 bits per heavy atom. The van der Waals surface area contributed by atoms with Crippen LogP contribution in [0.3, 0.4) is 0 Å². The molecule has 508 valence electrons. The maximum Gasteiger partial charge on any atom is 0.304 e. The number of nitrogens with two attached hydrogens (primary N) is 4. The summed E-state index contributed by atoms with van der Waals surface area (Å²) in [4.78, 5) is 202. The van der Waals surface area contributed by atoms with Crippen molar-refractivity contribution >= 4 is 88.4 Å². The number of carbonyl (C=O) groups excluding carboxylic acids is 14. The molecule has 0 saturated heterocycles. The standard InChI is InChI=1S/C59H99N13O18/c1-13-29(3)44(68-47(81)31(5)64-50(84)36(27-40(61)77)66-49(83)35(21-22-39(60)76)65-52(86)43(63)32(6)73)38(75)25-34(26-42(79)80)48(82)71-59(12)24-20-18-16-15-17-19-23-58(11,55(89)57(8,9)10)72-51(85)37(28-41(62)78)67-54(88)46(33(7)74)69-53(87)45(30(4)14-2)70-56(59)90/h15-16,29-37,43-46,73-74H,13-14,17-28,63H2,1-12H3,(H2,60,76)(H2,61,77)(H2,62,78)(H,64,84)(H,65,86)(H,66,83)(H,67,88)(H,68,81)(H,69,87)(H,70,90)(H,71,82)(H,72,85)(H,79,80)/b16-15-/t29-,30-,31-,32+,33+,34-,35-,36-,37-,43-,44-,45-,46-,58-,59-/m0/s1. The molecule has 0 saturated carbocycles. The zero-order chi connectivity index (χ0) is 69.3. The number of hydrogen-bond acceptors (Lipinski definition) is 18. The van der Waals surface area contributed by atoms with Crippen molar-refractivity contribution in [3.8, 4) is 0 Å². The van der Waals surface area contributed by atoms with Crippen LogP contribution in [0, 0.1) is 23.2 Å². The minimum Gasteiger partial charge on any atom is -0.481 e. The van der Waals surface area contributed by atoms with Gasteiger partial charge in [0.1, 0.15) is 47.8 Å². The topological polar surface area (TPSA) is 529 Å². The van der Waals surface area contributed by atoms with Crippen molar-refractivity contribution in [1.82, 2.24) is 47.9 Å². The van der Waals surface area contributed by atoms with Crippen LogP contribution < -0.4 is 70.8 Å². The zero-order valence-corrected chi connectivity index (χ0v) is 53.8. The number of Topliss-reactive ketones (excluding diaryl/α,β-unsaturated/α-hetero) is 2. The van der Waals surface area contributed by atoms with E-state index in [9.17, 15) is 87.2 Å². The Kier molecular flexibility index (Phi) is 32.6. The van der Waals surface area contributed by atoms with Crippen LogP contribution >= 0.6 is 0 Å². The normalized spacial score (nSPS) is 23.7. The van der Waals surface area contributed by atoms with Gasteiger partial charge in [-0.1, -0.05) is 73.5 Å². The molecule has 1 heterocycles. The molecule has 0 aromatic carbocycles. The molecule has 1 aliphatic heterocycles. The predicted octanol–water partition coefficient (Wildman–Crippen LogP) is -3.08. The second-order valence-corrected chi connectivity index (χ2v) is 24.9. The summed E-state index contributed by atoms with van der Waals surface area (Å²) in [5, 5.41) is 52.9. The number of primary amides is 3. The first-order chi connectivity index (χ1) is 41.5. The van der Waals surface area contributed by atoms with Gasteiger partial charge < -0.3 is 86.1 Å². The number of ketones is 2. The average Bonchev–Trinajstić information content (AvgIpc) is 0.981. The molecule has 0 aromatic heterocycles. The van der Waals surface area contributed by atoms with E-state index < -0.39 is 216 Å². The summed E-state index contributed by atoms with van der Waals surface area (Å²) in [6, 6.07) is -12.9. The number of nitrogens with one attached hydrogen (secondary N) is 9. The Labute approximate surface area is 524 Å². The predicted molar refractivity (Wildman–Crippen MR) is 325 cm³/mol. The van der Waals surface area contributed by atoms with E-state index in [1.807, 2.05) is 0 Å². The summed E-state index contributed by atoms with van der Waals surface area (Å²) in [6.07, 6.45) is -2.17. The quantitative estimate of drug-likeness (QED) is 0.0330. The second-order valence-electron chi connectivity index (χ2n) is 24.9. The van der Waals surface area contributed by atoms with Crippen LogP contribution in [0.5, 0.6) is 0 Å². The van der Waals surface area contributed by atoms with Crippen molar-refractivity contribution in [1.29, 1.82) is 0 Å². The second kappa shape index (κ2) is 36.7. The van der Waals surface area contributed by atoms with Crippen LogP contribution in [-0.2, 0) is 71.9 Å². The minimum absolute atomic E-state index is 0.0907. The van der Waals surface area contributed by atoms with Gasteiger partial charge in [-0.3, -0.25) is 71.9 Å². The fraction of sp³-hybridized carbons (Fsp3) is 0.712. The molecule has 0 bridgehead atoms.